The molecule has 0 aliphatic heterocycles. The summed E-state index contributed by atoms with van der Waals surface area (Å²) in [5.74, 6) is 0. The first-order valence-electron chi connectivity index (χ1n) is 4.70. The van der Waals surface area contributed by atoms with E-state index in [1.165, 1.54) is 16.3 Å². The fourth-order valence-corrected chi connectivity index (χ4v) is 1.74. The van der Waals surface area contributed by atoms with E-state index in [0.29, 0.717) is 6.54 Å². The van der Waals surface area contributed by atoms with Crippen molar-refractivity contribution in [3.05, 3.63) is 54.1 Å². The fourth-order valence-electron chi connectivity index (χ4n) is 1.74. The van der Waals surface area contributed by atoms with Gasteiger partial charge in [-0.3, -0.25) is 0 Å². The maximum absolute atomic E-state index is 5.68. The topological polar surface area (TPSA) is 26.0 Å². The van der Waals surface area contributed by atoms with Crippen LogP contribution in [0.2, 0.25) is 0 Å². The Morgan fingerprint density at radius 2 is 1.79 bits per heavy atom. The molecule has 0 radical (unpaired) electrons. The summed E-state index contributed by atoms with van der Waals surface area (Å²) in [7, 11) is 0. The molecule has 0 aliphatic carbocycles. The van der Waals surface area contributed by atoms with Crippen molar-refractivity contribution >= 4 is 16.8 Å². The van der Waals surface area contributed by atoms with Crippen molar-refractivity contribution < 1.29 is 0 Å². The fraction of sp³-hybridized carbons (Fsp3) is 0.0769. The maximum Gasteiger partial charge on any atom is 0.0184 e. The van der Waals surface area contributed by atoms with Gasteiger partial charge in [-0.1, -0.05) is 49.1 Å². The molecule has 70 valence electrons. The predicted octanol–water partition coefficient (Wildman–Crippen LogP) is 2.94. The Labute approximate surface area is 83.9 Å². The summed E-state index contributed by atoms with van der Waals surface area (Å²) in [6.45, 7) is 4.39. The molecule has 1 nitrogen and oxygen atoms in total. The van der Waals surface area contributed by atoms with Crippen molar-refractivity contribution in [1.29, 1.82) is 0 Å². The van der Waals surface area contributed by atoms with Crippen LogP contribution in [0.3, 0.4) is 0 Å². The summed E-state index contributed by atoms with van der Waals surface area (Å²) in [5, 5.41) is 2.46. The summed E-state index contributed by atoms with van der Waals surface area (Å²) in [6, 6.07) is 12.4. The van der Waals surface area contributed by atoms with E-state index in [0.717, 1.165) is 5.56 Å². The highest BCUT2D eigenvalue weighted by Crippen LogP contribution is 2.23. The molecule has 0 fully saturated rings. The highest BCUT2D eigenvalue weighted by atomic mass is 14.5. The molecule has 0 saturated heterocycles. The van der Waals surface area contributed by atoms with Crippen LogP contribution < -0.4 is 5.73 Å². The summed E-state index contributed by atoms with van der Waals surface area (Å²) in [6.07, 6.45) is 1.88. The van der Waals surface area contributed by atoms with Crippen molar-refractivity contribution in [2.75, 3.05) is 0 Å². The van der Waals surface area contributed by atoms with Gasteiger partial charge in [-0.05, 0) is 21.9 Å². The Kier molecular flexibility index (Phi) is 2.33. The third-order valence-corrected chi connectivity index (χ3v) is 2.49. The molecule has 0 spiro atoms. The molecule has 0 atom stereocenters. The number of rotatable bonds is 2. The Morgan fingerprint density at radius 1 is 1.07 bits per heavy atom. The van der Waals surface area contributed by atoms with Gasteiger partial charge in [-0.15, -0.1) is 0 Å². The summed E-state index contributed by atoms with van der Waals surface area (Å²) in [4.78, 5) is 0. The van der Waals surface area contributed by atoms with E-state index < -0.39 is 0 Å². The van der Waals surface area contributed by atoms with Gasteiger partial charge in [0, 0.05) is 6.54 Å². The first-order valence-corrected chi connectivity index (χ1v) is 4.70. The maximum atomic E-state index is 5.68. The molecule has 2 rings (SSSR count). The van der Waals surface area contributed by atoms with Crippen LogP contribution in [0.4, 0.5) is 0 Å². The Bertz CT molecular complexity index is 472. The number of hydrogen-bond acceptors (Lipinski definition) is 1. The van der Waals surface area contributed by atoms with E-state index in [9.17, 15) is 0 Å². The van der Waals surface area contributed by atoms with E-state index in [2.05, 4.69) is 30.8 Å². The van der Waals surface area contributed by atoms with Crippen molar-refractivity contribution in [3.63, 3.8) is 0 Å². The lowest BCUT2D eigenvalue weighted by Crippen LogP contribution is -1.97. The molecule has 0 bridgehead atoms. The van der Waals surface area contributed by atoms with Crippen LogP contribution >= 0.6 is 0 Å². The van der Waals surface area contributed by atoms with Gasteiger partial charge >= 0.3 is 0 Å². The molecule has 0 saturated carbocycles. The molecule has 0 amide bonds. The zero-order valence-electron chi connectivity index (χ0n) is 8.03. The van der Waals surface area contributed by atoms with Crippen LogP contribution in [-0.2, 0) is 6.54 Å². The molecule has 0 aromatic heterocycles. The summed E-state index contributed by atoms with van der Waals surface area (Å²) >= 11 is 0. The molecule has 1 heteroatoms. The molecule has 0 aliphatic rings. The zero-order valence-corrected chi connectivity index (χ0v) is 8.03. The lowest BCUT2D eigenvalue weighted by molar-refractivity contribution is 1.09. The minimum Gasteiger partial charge on any atom is -0.326 e. The minimum absolute atomic E-state index is 0.581. The van der Waals surface area contributed by atoms with E-state index >= 15 is 0 Å². The summed E-state index contributed by atoms with van der Waals surface area (Å²) < 4.78 is 0. The highest BCUT2D eigenvalue weighted by Gasteiger charge is 2.01. The molecule has 2 aromatic carbocycles. The Hall–Kier alpha value is -1.60. The SMILES string of the molecule is C=Cc1ccc(CN)c2ccccc12. The van der Waals surface area contributed by atoms with Gasteiger partial charge in [0.1, 0.15) is 0 Å². The summed E-state index contributed by atoms with van der Waals surface area (Å²) in [5.41, 5.74) is 8.03. The largest absolute Gasteiger partial charge is 0.326 e. The predicted molar refractivity (Wildman–Crippen MR) is 61.9 cm³/mol. The van der Waals surface area contributed by atoms with Crippen LogP contribution in [-0.4, -0.2) is 0 Å². The second-order valence-electron chi connectivity index (χ2n) is 3.27. The van der Waals surface area contributed by atoms with Gasteiger partial charge in [0.25, 0.3) is 0 Å². The van der Waals surface area contributed by atoms with Crippen LogP contribution in [0.5, 0.6) is 0 Å². The zero-order chi connectivity index (χ0) is 9.97. The smallest absolute Gasteiger partial charge is 0.0184 e. The van der Waals surface area contributed by atoms with Crippen LogP contribution in [0.25, 0.3) is 16.8 Å². The monoisotopic (exact) mass is 183 g/mol. The minimum atomic E-state index is 0.581. The lowest BCUT2D eigenvalue weighted by Gasteiger charge is -2.06. The van der Waals surface area contributed by atoms with Gasteiger partial charge in [0.05, 0.1) is 0 Å². The first kappa shape index (κ1) is 8.97. The molecular weight excluding hydrogens is 170 g/mol. The van der Waals surface area contributed by atoms with E-state index in [-0.39, 0.29) is 0 Å². The van der Waals surface area contributed by atoms with Crippen LogP contribution in [0.15, 0.2) is 43.0 Å². The van der Waals surface area contributed by atoms with Crippen molar-refractivity contribution in [2.24, 2.45) is 5.73 Å². The first-order chi connectivity index (χ1) is 6.86. The number of benzene rings is 2. The standard InChI is InChI=1S/C13H13N/c1-2-10-7-8-11(9-14)13-6-4-3-5-12(10)13/h2-8H,1,9,14H2. The van der Waals surface area contributed by atoms with Crippen LogP contribution in [0, 0.1) is 0 Å². The van der Waals surface area contributed by atoms with Crippen molar-refractivity contribution in [1.82, 2.24) is 0 Å². The van der Waals surface area contributed by atoms with E-state index in [4.69, 9.17) is 5.73 Å². The Morgan fingerprint density at radius 3 is 2.43 bits per heavy atom. The molecule has 14 heavy (non-hydrogen) atoms. The van der Waals surface area contributed by atoms with Gasteiger partial charge < -0.3 is 5.73 Å². The Balaban J connectivity index is 2.84. The average molecular weight is 183 g/mol. The second kappa shape index (κ2) is 3.64. The lowest BCUT2D eigenvalue weighted by atomic mass is 10.00. The molecular formula is C13H13N. The van der Waals surface area contributed by atoms with Gasteiger partial charge in [-0.2, -0.15) is 0 Å². The quantitative estimate of drug-likeness (QED) is 0.761. The van der Waals surface area contributed by atoms with E-state index in [1.54, 1.807) is 0 Å². The average Bonchev–Trinajstić information content (AvgIpc) is 2.27. The van der Waals surface area contributed by atoms with Gasteiger partial charge in [-0.25, -0.2) is 0 Å². The van der Waals surface area contributed by atoms with Crippen molar-refractivity contribution in [3.8, 4) is 0 Å². The highest BCUT2D eigenvalue weighted by molar-refractivity contribution is 5.92. The third kappa shape index (κ3) is 1.32. The molecule has 2 aromatic rings. The number of nitrogens with two attached hydrogens (primary N) is 1. The number of fused-ring (bicyclic) bond motifs is 1. The molecule has 0 heterocycles. The molecule has 0 unspecified atom stereocenters. The second-order valence-corrected chi connectivity index (χ2v) is 3.27. The van der Waals surface area contributed by atoms with Gasteiger partial charge in [0.15, 0.2) is 0 Å². The van der Waals surface area contributed by atoms with Crippen molar-refractivity contribution in [2.45, 2.75) is 6.54 Å². The van der Waals surface area contributed by atoms with Crippen LogP contribution in [0.1, 0.15) is 11.1 Å². The van der Waals surface area contributed by atoms with Gasteiger partial charge in [0.2, 0.25) is 0 Å². The van der Waals surface area contributed by atoms with E-state index in [1.807, 2.05) is 18.2 Å². The molecule has 2 N–H and O–H groups in total. The number of hydrogen-bond donors (Lipinski definition) is 1. The third-order valence-electron chi connectivity index (χ3n) is 2.49. The normalized spacial score (nSPS) is 10.4.